The van der Waals surface area contributed by atoms with Gasteiger partial charge in [-0.1, -0.05) is 6.08 Å². The molecule has 1 saturated heterocycles. The summed E-state index contributed by atoms with van der Waals surface area (Å²) in [6, 6.07) is 0. The van der Waals surface area contributed by atoms with E-state index in [9.17, 15) is 18.0 Å². The van der Waals surface area contributed by atoms with Crippen LogP contribution in [-0.2, 0) is 14.3 Å². The van der Waals surface area contributed by atoms with Crippen LogP contribution in [0, 0.1) is 5.92 Å². The highest BCUT2D eigenvalue weighted by Gasteiger charge is 2.52. The molecule has 2 unspecified atom stereocenters. The van der Waals surface area contributed by atoms with Crippen LogP contribution in [0.4, 0.5) is 13.2 Å². The van der Waals surface area contributed by atoms with E-state index < -0.39 is 24.2 Å². The second-order valence-electron chi connectivity index (χ2n) is 3.19. The van der Waals surface area contributed by atoms with Gasteiger partial charge in [-0.3, -0.25) is 0 Å². The van der Waals surface area contributed by atoms with Gasteiger partial charge >= 0.3 is 12.1 Å². The molecule has 0 saturated carbocycles. The minimum atomic E-state index is -4.38. The summed E-state index contributed by atoms with van der Waals surface area (Å²) in [5.41, 5.74) is 0. The van der Waals surface area contributed by atoms with E-state index in [1.807, 2.05) is 0 Å². The van der Waals surface area contributed by atoms with Crippen molar-refractivity contribution in [3.63, 3.8) is 0 Å². The molecular formula is C9H11F3O3. The van der Waals surface area contributed by atoms with Gasteiger partial charge in [0, 0.05) is 6.08 Å². The molecule has 0 aromatic heterocycles. The van der Waals surface area contributed by atoms with E-state index in [2.05, 4.69) is 9.47 Å². The largest absolute Gasteiger partial charge is 0.462 e. The number of ether oxygens (including phenoxy) is 2. The zero-order valence-electron chi connectivity index (χ0n) is 8.08. The predicted octanol–water partition coefficient (Wildman–Crippen LogP) is 1.68. The van der Waals surface area contributed by atoms with Gasteiger partial charge in [0.25, 0.3) is 0 Å². The number of carbonyl (C=O) groups excluding carboxylic acids is 1. The molecule has 2 atom stereocenters. The predicted molar refractivity (Wildman–Crippen MR) is 45.1 cm³/mol. The summed E-state index contributed by atoms with van der Waals surface area (Å²) in [6.45, 7) is 1.34. The lowest BCUT2D eigenvalue weighted by atomic mass is 9.99. The lowest BCUT2D eigenvalue weighted by Crippen LogP contribution is -2.51. The highest BCUT2D eigenvalue weighted by Crippen LogP contribution is 2.35. The fourth-order valence-electron chi connectivity index (χ4n) is 1.20. The van der Waals surface area contributed by atoms with Crippen molar-refractivity contribution in [3.8, 4) is 0 Å². The van der Waals surface area contributed by atoms with E-state index in [1.54, 1.807) is 6.92 Å². The van der Waals surface area contributed by atoms with Gasteiger partial charge in [0.2, 0.25) is 0 Å². The van der Waals surface area contributed by atoms with Crippen molar-refractivity contribution in [1.29, 1.82) is 0 Å². The Labute approximate surface area is 84.8 Å². The Hall–Kier alpha value is -1.04. The maximum absolute atomic E-state index is 12.1. The smallest absolute Gasteiger partial charge is 0.415 e. The molecule has 0 aromatic rings. The molecule has 0 radical (unpaired) electrons. The number of carbonyl (C=O) groups is 1. The van der Waals surface area contributed by atoms with Crippen molar-refractivity contribution in [2.45, 2.75) is 19.2 Å². The first-order chi connectivity index (χ1) is 6.95. The second-order valence-corrected chi connectivity index (χ2v) is 3.19. The topological polar surface area (TPSA) is 35.5 Å². The third kappa shape index (κ3) is 3.23. The van der Waals surface area contributed by atoms with E-state index in [1.165, 1.54) is 6.08 Å². The van der Waals surface area contributed by atoms with Crippen LogP contribution in [0.15, 0.2) is 12.2 Å². The molecule has 86 valence electrons. The molecule has 15 heavy (non-hydrogen) atoms. The fourth-order valence-corrected chi connectivity index (χ4v) is 1.20. The fraction of sp³-hybridized carbons (Fsp3) is 0.667. The van der Waals surface area contributed by atoms with Gasteiger partial charge in [0.15, 0.2) is 6.10 Å². The van der Waals surface area contributed by atoms with E-state index in [4.69, 9.17) is 0 Å². The molecule has 1 aliphatic heterocycles. The molecule has 1 rings (SSSR count). The van der Waals surface area contributed by atoms with Gasteiger partial charge in [0.05, 0.1) is 19.1 Å². The van der Waals surface area contributed by atoms with E-state index in [-0.39, 0.29) is 13.2 Å². The second kappa shape index (κ2) is 4.65. The van der Waals surface area contributed by atoms with Crippen molar-refractivity contribution in [1.82, 2.24) is 0 Å². The minimum absolute atomic E-state index is 0.0205. The average Bonchev–Trinajstić information content (AvgIpc) is 1.99. The van der Waals surface area contributed by atoms with E-state index in [0.29, 0.717) is 0 Å². The zero-order chi connectivity index (χ0) is 11.5. The van der Waals surface area contributed by atoms with Crippen LogP contribution in [0.25, 0.3) is 0 Å². The van der Waals surface area contributed by atoms with E-state index in [0.717, 1.165) is 6.08 Å². The van der Waals surface area contributed by atoms with Gasteiger partial charge in [0.1, 0.15) is 0 Å². The molecule has 0 amide bonds. The van der Waals surface area contributed by atoms with Gasteiger partial charge in [-0.2, -0.15) is 13.2 Å². The van der Waals surface area contributed by atoms with Crippen molar-refractivity contribution in [3.05, 3.63) is 12.2 Å². The van der Waals surface area contributed by atoms with Crippen molar-refractivity contribution < 1.29 is 27.4 Å². The molecular weight excluding hydrogens is 213 g/mol. The highest BCUT2D eigenvalue weighted by atomic mass is 19.4. The molecule has 0 aromatic carbocycles. The lowest BCUT2D eigenvalue weighted by Gasteiger charge is -2.37. The zero-order valence-corrected chi connectivity index (χ0v) is 8.08. The summed E-state index contributed by atoms with van der Waals surface area (Å²) < 4.78 is 45.4. The Morgan fingerprint density at radius 3 is 2.67 bits per heavy atom. The molecule has 3 nitrogen and oxygen atoms in total. The molecule has 0 bridgehead atoms. The van der Waals surface area contributed by atoms with Crippen molar-refractivity contribution >= 4 is 5.97 Å². The number of rotatable bonds is 3. The van der Waals surface area contributed by atoms with Crippen molar-refractivity contribution in [2.24, 2.45) is 5.92 Å². The third-order valence-electron chi connectivity index (χ3n) is 1.98. The Morgan fingerprint density at radius 1 is 1.60 bits per heavy atom. The molecule has 1 heterocycles. The molecule has 0 aliphatic carbocycles. The summed E-state index contributed by atoms with van der Waals surface area (Å²) in [7, 11) is 0. The molecule has 6 heteroatoms. The summed E-state index contributed by atoms with van der Waals surface area (Å²) in [4.78, 5) is 10.8. The van der Waals surface area contributed by atoms with Gasteiger partial charge in [-0.05, 0) is 6.92 Å². The third-order valence-corrected chi connectivity index (χ3v) is 1.98. The SMILES string of the molecule is CC=CC(=O)OCC1COC1C(F)(F)F. The van der Waals surface area contributed by atoms with Gasteiger partial charge in [-0.25, -0.2) is 4.79 Å². The Morgan fingerprint density at radius 2 is 2.27 bits per heavy atom. The van der Waals surface area contributed by atoms with Gasteiger partial charge < -0.3 is 9.47 Å². The van der Waals surface area contributed by atoms with Crippen LogP contribution in [0.3, 0.4) is 0 Å². The monoisotopic (exact) mass is 224 g/mol. The van der Waals surface area contributed by atoms with Crippen LogP contribution >= 0.6 is 0 Å². The van der Waals surface area contributed by atoms with Crippen molar-refractivity contribution in [2.75, 3.05) is 13.2 Å². The number of hydrogen-bond acceptors (Lipinski definition) is 3. The Balaban J connectivity index is 2.32. The standard InChI is InChI=1S/C9H11F3O3/c1-2-3-7(13)14-4-6-5-15-8(6)9(10,11)12/h2-3,6,8H,4-5H2,1H3. The van der Waals surface area contributed by atoms with Crippen LogP contribution < -0.4 is 0 Å². The summed E-state index contributed by atoms with van der Waals surface area (Å²) >= 11 is 0. The maximum Gasteiger partial charge on any atom is 0.415 e. The average molecular weight is 224 g/mol. The molecule has 0 N–H and O–H groups in total. The quantitative estimate of drug-likeness (QED) is 0.540. The number of halogens is 3. The molecule has 1 fully saturated rings. The number of allylic oxidation sites excluding steroid dienone is 1. The van der Waals surface area contributed by atoms with Crippen LogP contribution in [0.2, 0.25) is 0 Å². The normalized spacial score (nSPS) is 26.4. The summed E-state index contributed by atoms with van der Waals surface area (Å²) in [6.07, 6.45) is -3.56. The van der Waals surface area contributed by atoms with E-state index >= 15 is 0 Å². The number of alkyl halides is 3. The summed E-state index contributed by atoms with van der Waals surface area (Å²) in [5.74, 6) is -1.41. The van der Waals surface area contributed by atoms with Crippen LogP contribution in [-0.4, -0.2) is 31.5 Å². The molecule has 1 aliphatic rings. The Bertz CT molecular complexity index is 260. The summed E-state index contributed by atoms with van der Waals surface area (Å²) in [5, 5.41) is 0. The lowest BCUT2D eigenvalue weighted by molar-refractivity contribution is -0.293. The van der Waals surface area contributed by atoms with Crippen LogP contribution in [0.1, 0.15) is 6.92 Å². The van der Waals surface area contributed by atoms with Gasteiger partial charge in [-0.15, -0.1) is 0 Å². The number of esters is 1. The maximum atomic E-state index is 12.1. The first kappa shape index (κ1) is 12.0. The highest BCUT2D eigenvalue weighted by molar-refractivity contribution is 5.81. The minimum Gasteiger partial charge on any atom is -0.462 e. The number of hydrogen-bond donors (Lipinski definition) is 0. The molecule has 0 spiro atoms. The first-order valence-electron chi connectivity index (χ1n) is 4.43. The van der Waals surface area contributed by atoms with Crippen LogP contribution in [0.5, 0.6) is 0 Å². The first-order valence-corrected chi connectivity index (χ1v) is 4.43. The Kier molecular flexibility index (Phi) is 3.73.